The third-order valence-corrected chi connectivity index (χ3v) is 6.02. The van der Waals surface area contributed by atoms with Crippen LogP contribution in [0.3, 0.4) is 0 Å². The first-order valence-corrected chi connectivity index (χ1v) is 10.6. The van der Waals surface area contributed by atoms with Crippen LogP contribution in [-0.4, -0.2) is 57.7 Å². The molecule has 0 unspecified atom stereocenters. The van der Waals surface area contributed by atoms with Gasteiger partial charge in [0.2, 0.25) is 5.91 Å². The van der Waals surface area contributed by atoms with Crippen molar-refractivity contribution in [2.45, 2.75) is 0 Å². The Morgan fingerprint density at radius 2 is 1.64 bits per heavy atom. The highest BCUT2D eigenvalue weighted by atomic mass is 16.2. The summed E-state index contributed by atoms with van der Waals surface area (Å²) in [4.78, 5) is 32.5. The predicted molar refractivity (Wildman–Crippen MR) is 124 cm³/mol. The molecule has 2 aromatic heterocycles. The van der Waals surface area contributed by atoms with Crippen molar-refractivity contribution in [3.63, 3.8) is 0 Å². The second-order valence-electron chi connectivity index (χ2n) is 8.10. The summed E-state index contributed by atoms with van der Waals surface area (Å²) in [5.74, 6) is -0.172. The van der Waals surface area contributed by atoms with Crippen LogP contribution in [0, 0.1) is 11.3 Å². The number of carbonyl (C=O) groups excluding carboxylic acids is 2. The van der Waals surface area contributed by atoms with E-state index < -0.39 is 0 Å². The van der Waals surface area contributed by atoms with Crippen LogP contribution in [0.5, 0.6) is 0 Å². The average molecular weight is 435 g/mol. The predicted octanol–water partition coefficient (Wildman–Crippen LogP) is 3.45. The van der Waals surface area contributed by atoms with Crippen molar-refractivity contribution in [2.75, 3.05) is 26.7 Å². The molecule has 0 aliphatic carbocycles. The first-order valence-electron chi connectivity index (χ1n) is 10.6. The average Bonchev–Trinajstić information content (AvgIpc) is 3.29. The molecule has 5 rings (SSSR count). The van der Waals surface area contributed by atoms with Crippen LogP contribution < -0.4 is 0 Å². The molecule has 0 radical (unpaired) electrons. The molecule has 162 valence electrons. The number of nitrogens with zero attached hydrogens (tertiary/aromatic N) is 5. The maximum Gasteiger partial charge on any atom is 0.254 e. The van der Waals surface area contributed by atoms with Crippen molar-refractivity contribution >= 4 is 17.5 Å². The molecule has 7 heteroatoms. The van der Waals surface area contributed by atoms with Gasteiger partial charge in [0.25, 0.3) is 5.91 Å². The summed E-state index contributed by atoms with van der Waals surface area (Å²) in [6, 6.07) is 21.0. The largest absolute Gasteiger partial charge is 0.342 e. The Kier molecular flexibility index (Phi) is 5.11. The van der Waals surface area contributed by atoms with Gasteiger partial charge in [0.05, 0.1) is 23.5 Å². The van der Waals surface area contributed by atoms with Gasteiger partial charge in [0.1, 0.15) is 12.2 Å². The van der Waals surface area contributed by atoms with Gasteiger partial charge in [-0.2, -0.15) is 5.26 Å². The van der Waals surface area contributed by atoms with Crippen LogP contribution >= 0.6 is 0 Å². The standard InChI is InChI=1S/C26H21N5O2/c1-29-12-13-30(17-25(29)32)26(33)21-8-6-19(7-9-21)22-10-11-24-28-15-23(31(24)16-22)20-4-2-18(14-27)3-5-20/h2-11,15-16H,12-13,17H2,1H3. The molecule has 0 bridgehead atoms. The van der Waals surface area contributed by atoms with Crippen LogP contribution in [0.15, 0.2) is 73.1 Å². The third-order valence-electron chi connectivity index (χ3n) is 6.02. The molecule has 4 aromatic rings. The lowest BCUT2D eigenvalue weighted by Crippen LogP contribution is -2.50. The summed E-state index contributed by atoms with van der Waals surface area (Å²) in [5, 5.41) is 9.04. The Bertz CT molecular complexity index is 1400. The van der Waals surface area contributed by atoms with Gasteiger partial charge in [0, 0.05) is 37.5 Å². The van der Waals surface area contributed by atoms with E-state index in [0.717, 1.165) is 28.0 Å². The molecule has 0 spiro atoms. The first-order chi connectivity index (χ1) is 16.0. The lowest BCUT2D eigenvalue weighted by atomic mass is 10.0. The molecule has 1 aliphatic rings. The number of benzene rings is 2. The normalized spacial score (nSPS) is 13.9. The highest BCUT2D eigenvalue weighted by molar-refractivity contribution is 5.97. The Balaban J connectivity index is 1.42. The Morgan fingerprint density at radius 1 is 0.939 bits per heavy atom. The summed E-state index contributed by atoms with van der Waals surface area (Å²) >= 11 is 0. The number of fused-ring (bicyclic) bond motifs is 1. The molecule has 1 aliphatic heterocycles. The number of rotatable bonds is 3. The SMILES string of the molecule is CN1CCN(C(=O)c2ccc(-c3ccc4ncc(-c5ccc(C#N)cc5)n4c3)cc2)CC1=O. The monoisotopic (exact) mass is 435 g/mol. The number of likely N-dealkylation sites (N-methyl/N-ethyl adjacent to an activating group) is 1. The van der Waals surface area contributed by atoms with Gasteiger partial charge >= 0.3 is 0 Å². The zero-order valence-electron chi connectivity index (χ0n) is 18.1. The lowest BCUT2D eigenvalue weighted by Gasteiger charge is -2.32. The Labute approximate surface area is 191 Å². The van der Waals surface area contributed by atoms with Crippen molar-refractivity contribution < 1.29 is 9.59 Å². The zero-order valence-corrected chi connectivity index (χ0v) is 18.1. The van der Waals surface area contributed by atoms with Crippen molar-refractivity contribution in [3.05, 3.63) is 84.2 Å². The summed E-state index contributed by atoms with van der Waals surface area (Å²) < 4.78 is 2.02. The molecule has 2 amide bonds. The molecule has 1 fully saturated rings. The minimum atomic E-state index is -0.129. The minimum absolute atomic E-state index is 0.0436. The second kappa shape index (κ2) is 8.24. The van der Waals surface area contributed by atoms with Gasteiger partial charge in [-0.25, -0.2) is 4.98 Å². The fraction of sp³-hybridized carbons (Fsp3) is 0.154. The fourth-order valence-corrected chi connectivity index (χ4v) is 4.00. The second-order valence-corrected chi connectivity index (χ2v) is 8.10. The van der Waals surface area contributed by atoms with Crippen LogP contribution in [-0.2, 0) is 4.79 Å². The van der Waals surface area contributed by atoms with E-state index in [0.29, 0.717) is 24.2 Å². The van der Waals surface area contributed by atoms with Crippen molar-refractivity contribution in [1.29, 1.82) is 5.26 Å². The molecule has 33 heavy (non-hydrogen) atoms. The number of hydrogen-bond donors (Lipinski definition) is 0. The van der Waals surface area contributed by atoms with Crippen LogP contribution in [0.25, 0.3) is 28.0 Å². The smallest absolute Gasteiger partial charge is 0.254 e. The first kappa shape index (κ1) is 20.5. The van der Waals surface area contributed by atoms with E-state index >= 15 is 0 Å². The number of amides is 2. The van der Waals surface area contributed by atoms with Crippen molar-refractivity contribution in [2.24, 2.45) is 0 Å². The highest BCUT2D eigenvalue weighted by Crippen LogP contribution is 2.26. The van der Waals surface area contributed by atoms with Gasteiger partial charge in [0.15, 0.2) is 0 Å². The maximum absolute atomic E-state index is 12.8. The summed E-state index contributed by atoms with van der Waals surface area (Å²) in [6.07, 6.45) is 3.84. The minimum Gasteiger partial charge on any atom is -0.342 e. The number of pyridine rings is 1. The van der Waals surface area contributed by atoms with Crippen molar-refractivity contribution in [3.8, 4) is 28.5 Å². The van der Waals surface area contributed by atoms with Gasteiger partial charge < -0.3 is 9.80 Å². The summed E-state index contributed by atoms with van der Waals surface area (Å²) in [5.41, 5.74) is 5.88. The lowest BCUT2D eigenvalue weighted by molar-refractivity contribution is -0.133. The molecule has 7 nitrogen and oxygen atoms in total. The molecule has 2 aromatic carbocycles. The van der Waals surface area contributed by atoms with E-state index in [4.69, 9.17) is 5.26 Å². The van der Waals surface area contributed by atoms with E-state index in [2.05, 4.69) is 11.1 Å². The number of imidazole rings is 1. The van der Waals surface area contributed by atoms with Gasteiger partial charge in [-0.1, -0.05) is 24.3 Å². The van der Waals surface area contributed by atoms with E-state index in [1.807, 2.05) is 53.2 Å². The topological polar surface area (TPSA) is 81.7 Å². The Hall–Kier alpha value is -4.44. The summed E-state index contributed by atoms with van der Waals surface area (Å²) in [7, 11) is 1.75. The maximum atomic E-state index is 12.8. The van der Waals surface area contributed by atoms with Crippen LogP contribution in [0.2, 0.25) is 0 Å². The zero-order chi connectivity index (χ0) is 22.9. The van der Waals surface area contributed by atoms with Crippen LogP contribution in [0.1, 0.15) is 15.9 Å². The number of carbonyl (C=O) groups is 2. The summed E-state index contributed by atoms with van der Waals surface area (Å²) in [6.45, 7) is 1.21. The number of aromatic nitrogens is 2. The molecular formula is C26H21N5O2. The van der Waals surface area contributed by atoms with Gasteiger partial charge in [-0.15, -0.1) is 0 Å². The van der Waals surface area contributed by atoms with Gasteiger partial charge in [-0.3, -0.25) is 14.0 Å². The third kappa shape index (κ3) is 3.83. The Morgan fingerprint density at radius 3 is 2.33 bits per heavy atom. The van der Waals surface area contributed by atoms with E-state index in [1.54, 1.807) is 41.1 Å². The number of hydrogen-bond acceptors (Lipinski definition) is 4. The highest BCUT2D eigenvalue weighted by Gasteiger charge is 2.25. The molecule has 1 saturated heterocycles. The number of nitriles is 1. The van der Waals surface area contributed by atoms with Crippen LogP contribution in [0.4, 0.5) is 0 Å². The van der Waals surface area contributed by atoms with Crippen molar-refractivity contribution in [1.82, 2.24) is 19.2 Å². The van der Waals surface area contributed by atoms with E-state index in [1.165, 1.54) is 0 Å². The number of piperazine rings is 1. The molecule has 0 N–H and O–H groups in total. The quantitative estimate of drug-likeness (QED) is 0.494. The molecule has 0 saturated carbocycles. The molecule has 0 atom stereocenters. The van der Waals surface area contributed by atoms with E-state index in [-0.39, 0.29) is 18.4 Å². The van der Waals surface area contributed by atoms with E-state index in [9.17, 15) is 9.59 Å². The molecule has 3 heterocycles. The molecular weight excluding hydrogens is 414 g/mol. The van der Waals surface area contributed by atoms with Gasteiger partial charge in [-0.05, 0) is 47.5 Å². The fourth-order valence-electron chi connectivity index (χ4n) is 4.00.